The molecule has 0 radical (unpaired) electrons. The van der Waals surface area contributed by atoms with Gasteiger partial charge in [-0.25, -0.2) is 0 Å². The molecule has 1 aromatic rings. The third-order valence-electron chi connectivity index (χ3n) is 3.43. The van der Waals surface area contributed by atoms with Crippen molar-refractivity contribution in [1.29, 1.82) is 0 Å². The molecule has 1 aromatic carbocycles. The molecule has 1 aliphatic rings. The molecule has 4 heteroatoms. The van der Waals surface area contributed by atoms with Crippen molar-refractivity contribution in [1.82, 2.24) is 10.2 Å². The molecule has 0 aromatic heterocycles. The van der Waals surface area contributed by atoms with E-state index >= 15 is 0 Å². The lowest BCUT2D eigenvalue weighted by Crippen LogP contribution is -2.27. The molecule has 0 atom stereocenters. The fraction of sp³-hybridized carbons (Fsp3) is 0.500. The van der Waals surface area contributed by atoms with Gasteiger partial charge in [-0.1, -0.05) is 17.7 Å². The summed E-state index contributed by atoms with van der Waals surface area (Å²) in [6.07, 6.45) is 2.22. The van der Waals surface area contributed by atoms with Crippen LogP contribution in [0.15, 0.2) is 18.2 Å². The highest BCUT2D eigenvalue weighted by molar-refractivity contribution is 6.31. The first-order valence-corrected chi connectivity index (χ1v) is 6.69. The number of nitrogens with zero attached hydrogens (tertiary/aromatic N) is 1. The Balaban J connectivity index is 2.21. The average molecular weight is 267 g/mol. The van der Waals surface area contributed by atoms with E-state index in [2.05, 4.69) is 5.32 Å². The van der Waals surface area contributed by atoms with Gasteiger partial charge in [0.15, 0.2) is 0 Å². The monoisotopic (exact) mass is 266 g/mol. The molecule has 98 valence electrons. The van der Waals surface area contributed by atoms with Gasteiger partial charge in [0.05, 0.1) is 0 Å². The third kappa shape index (κ3) is 2.85. The van der Waals surface area contributed by atoms with Crippen LogP contribution >= 0.6 is 11.6 Å². The van der Waals surface area contributed by atoms with Crippen LogP contribution in [0.4, 0.5) is 0 Å². The second-order valence-electron chi connectivity index (χ2n) is 4.96. The first-order valence-electron chi connectivity index (χ1n) is 6.31. The summed E-state index contributed by atoms with van der Waals surface area (Å²) in [6.45, 7) is 2.08. The molecule has 0 unspecified atom stereocenters. The number of halogens is 1. The van der Waals surface area contributed by atoms with Crippen molar-refractivity contribution in [3.8, 4) is 0 Å². The molecule has 0 aliphatic carbocycles. The topological polar surface area (TPSA) is 32.3 Å². The van der Waals surface area contributed by atoms with Gasteiger partial charge in [-0.15, -0.1) is 0 Å². The normalized spacial score (nSPS) is 16.6. The fourth-order valence-corrected chi connectivity index (χ4v) is 2.72. The van der Waals surface area contributed by atoms with Crippen LogP contribution in [0.1, 0.15) is 34.7 Å². The molecule has 1 saturated heterocycles. The van der Waals surface area contributed by atoms with Crippen LogP contribution in [-0.2, 0) is 0 Å². The van der Waals surface area contributed by atoms with Crippen molar-refractivity contribution in [2.24, 2.45) is 0 Å². The Bertz CT molecular complexity index is 439. The summed E-state index contributed by atoms with van der Waals surface area (Å²) in [6, 6.07) is 5.68. The molecule has 1 aliphatic heterocycles. The zero-order chi connectivity index (χ0) is 13.1. The van der Waals surface area contributed by atoms with Crippen molar-refractivity contribution in [2.45, 2.75) is 18.8 Å². The highest BCUT2D eigenvalue weighted by Crippen LogP contribution is 2.31. The predicted octanol–water partition coefficient (Wildman–Crippen LogP) is 2.51. The van der Waals surface area contributed by atoms with E-state index in [4.69, 9.17) is 11.6 Å². The smallest absolute Gasteiger partial charge is 0.253 e. The van der Waals surface area contributed by atoms with Crippen LogP contribution in [0.5, 0.6) is 0 Å². The van der Waals surface area contributed by atoms with Crippen LogP contribution in [0.2, 0.25) is 5.02 Å². The van der Waals surface area contributed by atoms with Gasteiger partial charge < -0.3 is 10.2 Å². The molecule has 0 saturated carbocycles. The lowest BCUT2D eigenvalue weighted by Gasteiger charge is -2.24. The summed E-state index contributed by atoms with van der Waals surface area (Å²) in [5.41, 5.74) is 1.83. The molecule has 3 nitrogen and oxygen atoms in total. The number of nitrogens with one attached hydrogen (secondary N) is 1. The van der Waals surface area contributed by atoms with Crippen molar-refractivity contribution in [3.63, 3.8) is 0 Å². The lowest BCUT2D eigenvalue weighted by atomic mass is 9.89. The van der Waals surface area contributed by atoms with Crippen LogP contribution in [0, 0.1) is 0 Å². The van der Waals surface area contributed by atoms with Crippen LogP contribution in [-0.4, -0.2) is 38.0 Å². The minimum atomic E-state index is -0.00578. The van der Waals surface area contributed by atoms with Gasteiger partial charge in [0.2, 0.25) is 0 Å². The van der Waals surface area contributed by atoms with E-state index in [-0.39, 0.29) is 5.91 Å². The minimum absolute atomic E-state index is 0.00578. The van der Waals surface area contributed by atoms with Gasteiger partial charge >= 0.3 is 0 Å². The van der Waals surface area contributed by atoms with Gasteiger partial charge in [0.25, 0.3) is 5.91 Å². The summed E-state index contributed by atoms with van der Waals surface area (Å²) in [5.74, 6) is 0.510. The van der Waals surface area contributed by atoms with Crippen LogP contribution < -0.4 is 5.32 Å². The molecular formula is C14H19ClN2O. The standard InChI is InChI=1S/C14H19ClN2O/c1-17(2)14(18)11-3-4-12(13(15)9-11)10-5-7-16-8-6-10/h3-4,9-10,16H,5-8H2,1-2H3. The van der Waals surface area contributed by atoms with Crippen molar-refractivity contribution >= 4 is 17.5 Å². The number of carbonyl (C=O) groups is 1. The molecule has 0 bridgehead atoms. The number of benzene rings is 1. The van der Waals surface area contributed by atoms with E-state index in [0.717, 1.165) is 31.0 Å². The Morgan fingerprint density at radius 2 is 2.00 bits per heavy atom. The minimum Gasteiger partial charge on any atom is -0.345 e. The quantitative estimate of drug-likeness (QED) is 0.892. The Hall–Kier alpha value is -1.06. The number of hydrogen-bond acceptors (Lipinski definition) is 2. The summed E-state index contributed by atoms with van der Waals surface area (Å²) >= 11 is 6.32. The molecule has 0 spiro atoms. The Kier molecular flexibility index (Phi) is 4.25. The Morgan fingerprint density at radius 3 is 2.56 bits per heavy atom. The van der Waals surface area contributed by atoms with Crippen molar-refractivity contribution in [3.05, 3.63) is 34.3 Å². The highest BCUT2D eigenvalue weighted by atomic mass is 35.5. The van der Waals surface area contributed by atoms with Gasteiger partial charge in [-0.05, 0) is 49.5 Å². The maximum Gasteiger partial charge on any atom is 0.253 e. The SMILES string of the molecule is CN(C)C(=O)c1ccc(C2CCNCC2)c(Cl)c1. The van der Waals surface area contributed by atoms with Gasteiger partial charge in [-0.2, -0.15) is 0 Å². The highest BCUT2D eigenvalue weighted by Gasteiger charge is 2.19. The van der Waals surface area contributed by atoms with Gasteiger partial charge in [0, 0.05) is 24.7 Å². The van der Waals surface area contributed by atoms with E-state index in [1.807, 2.05) is 12.1 Å². The van der Waals surface area contributed by atoms with Crippen molar-refractivity contribution in [2.75, 3.05) is 27.2 Å². The number of hydrogen-bond donors (Lipinski definition) is 1. The van der Waals surface area contributed by atoms with E-state index < -0.39 is 0 Å². The Morgan fingerprint density at radius 1 is 1.33 bits per heavy atom. The van der Waals surface area contributed by atoms with Gasteiger partial charge in [0.1, 0.15) is 0 Å². The zero-order valence-corrected chi connectivity index (χ0v) is 11.6. The van der Waals surface area contributed by atoms with Crippen LogP contribution in [0.3, 0.4) is 0 Å². The molecule has 1 amide bonds. The number of carbonyl (C=O) groups excluding carboxylic acids is 1. The molecule has 1 heterocycles. The van der Waals surface area contributed by atoms with Gasteiger partial charge in [-0.3, -0.25) is 4.79 Å². The van der Waals surface area contributed by atoms with Crippen molar-refractivity contribution < 1.29 is 4.79 Å². The van der Waals surface area contributed by atoms with E-state index in [0.29, 0.717) is 11.5 Å². The second-order valence-corrected chi connectivity index (χ2v) is 5.37. The first kappa shape index (κ1) is 13.4. The largest absolute Gasteiger partial charge is 0.345 e. The maximum atomic E-state index is 11.8. The van der Waals surface area contributed by atoms with E-state index in [1.165, 1.54) is 5.56 Å². The summed E-state index contributed by atoms with van der Waals surface area (Å²) < 4.78 is 0. The molecular weight excluding hydrogens is 248 g/mol. The zero-order valence-electron chi connectivity index (χ0n) is 10.9. The van der Waals surface area contributed by atoms with Crippen LogP contribution in [0.25, 0.3) is 0 Å². The third-order valence-corrected chi connectivity index (χ3v) is 3.76. The number of piperidine rings is 1. The summed E-state index contributed by atoms with van der Waals surface area (Å²) in [4.78, 5) is 13.4. The first-order chi connectivity index (χ1) is 8.59. The summed E-state index contributed by atoms with van der Waals surface area (Å²) in [5, 5.41) is 4.06. The van der Waals surface area contributed by atoms with E-state index in [1.54, 1.807) is 25.1 Å². The Labute approximate surface area is 113 Å². The molecule has 2 rings (SSSR count). The summed E-state index contributed by atoms with van der Waals surface area (Å²) in [7, 11) is 3.49. The number of rotatable bonds is 2. The molecule has 1 N–H and O–H groups in total. The fourth-order valence-electron chi connectivity index (χ4n) is 2.38. The second kappa shape index (κ2) is 5.72. The average Bonchev–Trinajstić information content (AvgIpc) is 2.38. The lowest BCUT2D eigenvalue weighted by molar-refractivity contribution is 0.0827. The predicted molar refractivity (Wildman–Crippen MR) is 74.3 cm³/mol. The maximum absolute atomic E-state index is 11.8. The number of amides is 1. The molecule has 1 fully saturated rings. The molecule has 18 heavy (non-hydrogen) atoms. The van der Waals surface area contributed by atoms with E-state index in [9.17, 15) is 4.79 Å².